The van der Waals surface area contributed by atoms with Crippen LogP contribution < -0.4 is 15.2 Å². The van der Waals surface area contributed by atoms with E-state index in [1.807, 2.05) is 12.1 Å². The molecule has 5 heteroatoms. The van der Waals surface area contributed by atoms with Gasteiger partial charge < -0.3 is 15.2 Å². The topological polar surface area (TPSA) is 44.5 Å². The van der Waals surface area contributed by atoms with E-state index in [0.717, 1.165) is 0 Å². The van der Waals surface area contributed by atoms with Crippen LogP contribution in [0.25, 0.3) is 0 Å². The van der Waals surface area contributed by atoms with Crippen molar-refractivity contribution in [2.45, 2.75) is 24.9 Å². The molecule has 2 N–H and O–H groups in total. The van der Waals surface area contributed by atoms with Gasteiger partial charge in [-0.3, -0.25) is 0 Å². The summed E-state index contributed by atoms with van der Waals surface area (Å²) in [4.78, 5) is 0. The van der Waals surface area contributed by atoms with Gasteiger partial charge in [-0.15, -0.1) is 0 Å². The molecule has 0 saturated heterocycles. The lowest BCUT2D eigenvalue weighted by Crippen LogP contribution is -2.60. The van der Waals surface area contributed by atoms with Gasteiger partial charge >= 0.3 is 0 Å². The van der Waals surface area contributed by atoms with Gasteiger partial charge in [-0.1, -0.05) is 12.1 Å². The fraction of sp³-hybridized carbons (Fsp3) is 0.538. The molecule has 1 heterocycles. The fourth-order valence-electron chi connectivity index (χ4n) is 2.80. The standard InChI is InChI=1S/C13H15F2NO2/c14-13(15)6-12(7-13,8-16)11-5-17-9-3-1-2-4-10(9)18-11/h1-4,11H,5-8,16H2. The Morgan fingerprint density at radius 3 is 2.50 bits per heavy atom. The van der Waals surface area contributed by atoms with E-state index in [1.54, 1.807) is 12.1 Å². The zero-order chi connectivity index (χ0) is 12.8. The van der Waals surface area contributed by atoms with Gasteiger partial charge in [0.05, 0.1) is 0 Å². The molecule has 1 aliphatic heterocycles. The van der Waals surface area contributed by atoms with Crippen molar-refractivity contribution in [2.75, 3.05) is 13.2 Å². The second-order valence-electron chi connectivity index (χ2n) is 5.14. The van der Waals surface area contributed by atoms with Gasteiger partial charge in [-0.05, 0) is 12.1 Å². The second kappa shape index (κ2) is 3.82. The van der Waals surface area contributed by atoms with Crippen molar-refractivity contribution in [3.63, 3.8) is 0 Å². The maximum Gasteiger partial charge on any atom is 0.249 e. The highest BCUT2D eigenvalue weighted by Crippen LogP contribution is 2.55. The Morgan fingerprint density at radius 2 is 1.89 bits per heavy atom. The van der Waals surface area contributed by atoms with Crippen LogP contribution in [0.3, 0.4) is 0 Å². The van der Waals surface area contributed by atoms with E-state index in [4.69, 9.17) is 15.2 Å². The van der Waals surface area contributed by atoms with Crippen LogP contribution in [-0.2, 0) is 0 Å². The predicted octanol–water partition coefficient (Wildman–Crippen LogP) is 2.20. The number of halogens is 2. The Hall–Kier alpha value is -1.36. The number of alkyl halides is 2. The minimum absolute atomic E-state index is 0.193. The molecule has 1 atom stereocenters. The van der Waals surface area contributed by atoms with Crippen molar-refractivity contribution < 1.29 is 18.3 Å². The molecule has 3 nitrogen and oxygen atoms in total. The van der Waals surface area contributed by atoms with Gasteiger partial charge in [0.25, 0.3) is 0 Å². The quantitative estimate of drug-likeness (QED) is 0.881. The van der Waals surface area contributed by atoms with Crippen molar-refractivity contribution >= 4 is 0 Å². The van der Waals surface area contributed by atoms with Gasteiger partial charge in [0, 0.05) is 24.8 Å². The molecule has 0 bridgehead atoms. The fourth-order valence-corrected chi connectivity index (χ4v) is 2.80. The largest absolute Gasteiger partial charge is 0.486 e. The van der Waals surface area contributed by atoms with Crippen LogP contribution in [0.1, 0.15) is 12.8 Å². The van der Waals surface area contributed by atoms with Gasteiger partial charge in [0.15, 0.2) is 11.5 Å². The maximum atomic E-state index is 13.1. The van der Waals surface area contributed by atoms with Crippen LogP contribution in [0.4, 0.5) is 8.78 Å². The Kier molecular flexibility index (Phi) is 2.48. The summed E-state index contributed by atoms with van der Waals surface area (Å²) in [6.45, 7) is 0.475. The highest BCUT2D eigenvalue weighted by molar-refractivity contribution is 5.41. The van der Waals surface area contributed by atoms with E-state index in [9.17, 15) is 8.78 Å². The average molecular weight is 255 g/mol. The minimum Gasteiger partial charge on any atom is -0.486 e. The Bertz CT molecular complexity index is 456. The molecular weight excluding hydrogens is 240 g/mol. The third kappa shape index (κ3) is 1.73. The van der Waals surface area contributed by atoms with Crippen LogP contribution >= 0.6 is 0 Å². The van der Waals surface area contributed by atoms with Gasteiger partial charge in [0.2, 0.25) is 5.92 Å². The molecule has 0 spiro atoms. The second-order valence-corrected chi connectivity index (χ2v) is 5.14. The molecular formula is C13H15F2NO2. The van der Waals surface area contributed by atoms with Gasteiger partial charge in [0.1, 0.15) is 12.7 Å². The first-order chi connectivity index (χ1) is 8.55. The number of fused-ring (bicyclic) bond motifs is 1. The number of para-hydroxylation sites is 2. The first kappa shape index (κ1) is 11.7. The van der Waals surface area contributed by atoms with Crippen LogP contribution in [-0.4, -0.2) is 25.2 Å². The molecule has 0 amide bonds. The first-order valence-corrected chi connectivity index (χ1v) is 6.01. The monoisotopic (exact) mass is 255 g/mol. The van der Waals surface area contributed by atoms with Gasteiger partial charge in [-0.25, -0.2) is 8.78 Å². The Labute approximate surface area is 104 Å². The van der Waals surface area contributed by atoms with Crippen LogP contribution in [0.5, 0.6) is 11.5 Å². The highest BCUT2D eigenvalue weighted by Gasteiger charge is 2.61. The number of rotatable bonds is 2. The number of ether oxygens (including phenoxy) is 2. The lowest BCUT2D eigenvalue weighted by atomic mass is 9.62. The molecule has 98 valence electrons. The third-order valence-electron chi connectivity index (χ3n) is 3.82. The van der Waals surface area contributed by atoms with Gasteiger partial charge in [-0.2, -0.15) is 0 Å². The van der Waals surface area contributed by atoms with Crippen LogP contribution in [0, 0.1) is 5.41 Å². The lowest BCUT2D eigenvalue weighted by Gasteiger charge is -2.51. The molecule has 1 aromatic carbocycles. The normalized spacial score (nSPS) is 27.4. The molecule has 0 radical (unpaired) electrons. The summed E-state index contributed by atoms with van der Waals surface area (Å²) in [6, 6.07) is 7.26. The zero-order valence-electron chi connectivity index (χ0n) is 9.86. The summed E-state index contributed by atoms with van der Waals surface area (Å²) in [7, 11) is 0. The van der Waals surface area contributed by atoms with Crippen molar-refractivity contribution in [1.82, 2.24) is 0 Å². The zero-order valence-corrected chi connectivity index (χ0v) is 9.86. The SMILES string of the molecule is NCC1(C2COc3ccccc3O2)CC(F)(F)C1. The highest BCUT2D eigenvalue weighted by atomic mass is 19.3. The molecule has 18 heavy (non-hydrogen) atoms. The molecule has 1 aromatic rings. The number of hydrogen-bond acceptors (Lipinski definition) is 3. The van der Waals surface area contributed by atoms with Crippen molar-refractivity contribution in [3.05, 3.63) is 24.3 Å². The number of hydrogen-bond donors (Lipinski definition) is 1. The van der Waals surface area contributed by atoms with Crippen molar-refractivity contribution in [1.29, 1.82) is 0 Å². The minimum atomic E-state index is -2.61. The molecule has 2 aliphatic rings. The Balaban J connectivity index is 1.80. The van der Waals surface area contributed by atoms with E-state index in [1.165, 1.54) is 0 Å². The average Bonchev–Trinajstić information content (AvgIpc) is 2.34. The molecule has 1 unspecified atom stereocenters. The molecule has 1 aliphatic carbocycles. The molecule has 0 aromatic heterocycles. The predicted molar refractivity (Wildman–Crippen MR) is 62.0 cm³/mol. The number of benzene rings is 1. The summed E-state index contributed by atoms with van der Waals surface area (Å²) in [6.07, 6.45) is -0.823. The number of nitrogens with two attached hydrogens (primary N) is 1. The lowest BCUT2D eigenvalue weighted by molar-refractivity contribution is -0.198. The van der Waals surface area contributed by atoms with E-state index in [2.05, 4.69) is 0 Å². The summed E-state index contributed by atoms with van der Waals surface area (Å²) >= 11 is 0. The molecule has 1 fully saturated rings. The summed E-state index contributed by atoms with van der Waals surface area (Å²) in [5.41, 5.74) is 5.02. The maximum absolute atomic E-state index is 13.1. The summed E-state index contributed by atoms with van der Waals surface area (Å²) in [5.74, 6) is -1.34. The van der Waals surface area contributed by atoms with Crippen LogP contribution in [0.15, 0.2) is 24.3 Å². The van der Waals surface area contributed by atoms with Crippen molar-refractivity contribution in [3.8, 4) is 11.5 Å². The van der Waals surface area contributed by atoms with E-state index in [-0.39, 0.29) is 26.0 Å². The summed E-state index contributed by atoms with van der Waals surface area (Å²) < 4.78 is 37.6. The molecule has 1 saturated carbocycles. The Morgan fingerprint density at radius 1 is 1.22 bits per heavy atom. The van der Waals surface area contributed by atoms with Crippen molar-refractivity contribution in [2.24, 2.45) is 11.1 Å². The van der Waals surface area contributed by atoms with E-state index in [0.29, 0.717) is 11.5 Å². The third-order valence-corrected chi connectivity index (χ3v) is 3.82. The van der Waals surface area contributed by atoms with Crippen LogP contribution in [0.2, 0.25) is 0 Å². The first-order valence-electron chi connectivity index (χ1n) is 6.01. The van der Waals surface area contributed by atoms with E-state index < -0.39 is 17.4 Å². The summed E-state index contributed by atoms with van der Waals surface area (Å²) in [5, 5.41) is 0. The molecule has 3 rings (SSSR count). The van der Waals surface area contributed by atoms with E-state index >= 15 is 0 Å². The smallest absolute Gasteiger partial charge is 0.249 e.